The molecule has 0 saturated heterocycles. The minimum atomic E-state index is -1.16. The van der Waals surface area contributed by atoms with Crippen LogP contribution in [0.15, 0.2) is 36.4 Å². The number of carbonyl (C=O) groups excluding carboxylic acids is 2. The molecule has 1 atom stereocenters. The maximum Gasteiger partial charge on any atom is 0.341 e. The first-order valence-corrected chi connectivity index (χ1v) is 7.92. The SMILES string of the molecule is COc1ccc(NC(=O)[C@H](C)OC(=O)c2cc(Cl)ccc2F)cc1OC. The van der Waals surface area contributed by atoms with Gasteiger partial charge in [0.05, 0.1) is 19.8 Å². The number of hydrogen-bond acceptors (Lipinski definition) is 5. The average molecular weight is 382 g/mol. The Morgan fingerprint density at radius 2 is 1.77 bits per heavy atom. The van der Waals surface area contributed by atoms with Crippen LogP contribution in [0.4, 0.5) is 10.1 Å². The summed E-state index contributed by atoms with van der Waals surface area (Å²) in [6.07, 6.45) is -1.16. The van der Waals surface area contributed by atoms with Crippen molar-refractivity contribution >= 4 is 29.2 Å². The molecule has 0 aliphatic rings. The van der Waals surface area contributed by atoms with E-state index in [1.807, 2.05) is 0 Å². The summed E-state index contributed by atoms with van der Waals surface area (Å²) in [4.78, 5) is 24.2. The van der Waals surface area contributed by atoms with Gasteiger partial charge in [0.2, 0.25) is 0 Å². The maximum atomic E-state index is 13.7. The van der Waals surface area contributed by atoms with E-state index in [0.717, 1.165) is 12.1 Å². The molecule has 2 aromatic carbocycles. The number of carbonyl (C=O) groups is 2. The molecule has 0 aliphatic carbocycles. The molecule has 0 bridgehead atoms. The van der Waals surface area contributed by atoms with E-state index in [9.17, 15) is 14.0 Å². The van der Waals surface area contributed by atoms with Crippen molar-refractivity contribution in [2.24, 2.45) is 0 Å². The lowest BCUT2D eigenvalue weighted by Gasteiger charge is -2.15. The molecule has 6 nitrogen and oxygen atoms in total. The molecule has 2 rings (SSSR count). The smallest absolute Gasteiger partial charge is 0.341 e. The van der Waals surface area contributed by atoms with Gasteiger partial charge in [0, 0.05) is 16.8 Å². The summed E-state index contributed by atoms with van der Waals surface area (Å²) in [6, 6.07) is 8.27. The Balaban J connectivity index is 2.05. The molecule has 0 radical (unpaired) electrons. The molecule has 0 fully saturated rings. The van der Waals surface area contributed by atoms with Crippen LogP contribution < -0.4 is 14.8 Å². The summed E-state index contributed by atoms with van der Waals surface area (Å²) in [5, 5.41) is 2.76. The van der Waals surface area contributed by atoms with E-state index in [0.29, 0.717) is 17.2 Å². The Morgan fingerprint density at radius 1 is 1.08 bits per heavy atom. The fourth-order valence-electron chi connectivity index (χ4n) is 2.09. The molecule has 2 aromatic rings. The number of benzene rings is 2. The van der Waals surface area contributed by atoms with Crippen LogP contribution in [-0.2, 0) is 9.53 Å². The van der Waals surface area contributed by atoms with Gasteiger partial charge in [0.15, 0.2) is 17.6 Å². The molecule has 26 heavy (non-hydrogen) atoms. The average Bonchev–Trinajstić information content (AvgIpc) is 2.63. The molecule has 0 heterocycles. The number of rotatable bonds is 6. The standard InChI is InChI=1S/C18H17ClFNO5/c1-10(26-18(23)13-8-11(19)4-6-14(13)20)17(22)21-12-5-7-15(24-2)16(9-12)25-3/h4-10H,1-3H3,(H,21,22)/t10-/m0/s1. The second-order valence-corrected chi connectivity index (χ2v) is 5.67. The van der Waals surface area contributed by atoms with E-state index in [-0.39, 0.29) is 10.6 Å². The molecule has 1 N–H and O–H groups in total. The van der Waals surface area contributed by atoms with Gasteiger partial charge in [-0.25, -0.2) is 9.18 Å². The zero-order valence-electron chi connectivity index (χ0n) is 14.3. The minimum absolute atomic E-state index is 0.181. The van der Waals surface area contributed by atoms with Crippen LogP contribution in [0.2, 0.25) is 5.02 Å². The molecular weight excluding hydrogens is 365 g/mol. The number of anilines is 1. The Morgan fingerprint density at radius 3 is 2.42 bits per heavy atom. The lowest BCUT2D eigenvalue weighted by molar-refractivity contribution is -0.123. The van der Waals surface area contributed by atoms with Crippen molar-refractivity contribution in [3.05, 3.63) is 52.8 Å². The van der Waals surface area contributed by atoms with E-state index in [1.165, 1.54) is 27.2 Å². The minimum Gasteiger partial charge on any atom is -0.493 e. The van der Waals surface area contributed by atoms with Gasteiger partial charge in [-0.2, -0.15) is 0 Å². The largest absolute Gasteiger partial charge is 0.493 e. The third-order valence-electron chi connectivity index (χ3n) is 3.45. The van der Waals surface area contributed by atoms with Gasteiger partial charge in [-0.3, -0.25) is 4.79 Å². The third-order valence-corrected chi connectivity index (χ3v) is 3.69. The van der Waals surface area contributed by atoms with Crippen molar-refractivity contribution in [1.29, 1.82) is 0 Å². The number of hydrogen-bond donors (Lipinski definition) is 1. The highest BCUT2D eigenvalue weighted by Gasteiger charge is 2.22. The number of ether oxygens (including phenoxy) is 3. The highest BCUT2D eigenvalue weighted by Crippen LogP contribution is 2.29. The number of amides is 1. The predicted octanol–water partition coefficient (Wildman–Crippen LogP) is 3.68. The van der Waals surface area contributed by atoms with Crippen LogP contribution in [0.3, 0.4) is 0 Å². The summed E-state index contributed by atoms with van der Waals surface area (Å²) in [6.45, 7) is 1.37. The van der Waals surface area contributed by atoms with Gasteiger partial charge in [0.1, 0.15) is 5.82 Å². The van der Waals surface area contributed by atoms with Gasteiger partial charge in [0.25, 0.3) is 5.91 Å². The van der Waals surface area contributed by atoms with Crippen LogP contribution in [0, 0.1) is 5.82 Å². The summed E-state index contributed by atoms with van der Waals surface area (Å²) >= 11 is 5.74. The second-order valence-electron chi connectivity index (χ2n) is 5.23. The van der Waals surface area contributed by atoms with E-state index in [2.05, 4.69) is 5.32 Å². The number of halogens is 2. The van der Waals surface area contributed by atoms with Crippen molar-refractivity contribution in [3.8, 4) is 11.5 Å². The van der Waals surface area contributed by atoms with Gasteiger partial charge < -0.3 is 19.5 Å². The van der Waals surface area contributed by atoms with Gasteiger partial charge in [-0.15, -0.1) is 0 Å². The fourth-order valence-corrected chi connectivity index (χ4v) is 2.26. The van der Waals surface area contributed by atoms with Crippen LogP contribution in [0.25, 0.3) is 0 Å². The molecule has 0 aliphatic heterocycles. The van der Waals surface area contributed by atoms with Gasteiger partial charge in [-0.05, 0) is 37.3 Å². The van der Waals surface area contributed by atoms with Crippen molar-refractivity contribution in [1.82, 2.24) is 0 Å². The van der Waals surface area contributed by atoms with Crippen molar-refractivity contribution in [2.45, 2.75) is 13.0 Å². The van der Waals surface area contributed by atoms with Crippen LogP contribution in [0.5, 0.6) is 11.5 Å². The third kappa shape index (κ3) is 4.64. The van der Waals surface area contributed by atoms with Crippen LogP contribution in [-0.4, -0.2) is 32.2 Å². The molecule has 0 saturated carbocycles. The van der Waals surface area contributed by atoms with Crippen molar-refractivity contribution < 1.29 is 28.2 Å². The topological polar surface area (TPSA) is 73.9 Å². The molecule has 8 heteroatoms. The number of nitrogens with one attached hydrogen (secondary N) is 1. The molecular formula is C18H17ClFNO5. The zero-order chi connectivity index (χ0) is 19.3. The van der Waals surface area contributed by atoms with Crippen molar-refractivity contribution in [3.63, 3.8) is 0 Å². The summed E-state index contributed by atoms with van der Waals surface area (Å²) in [5.74, 6) is -1.43. The first-order valence-electron chi connectivity index (χ1n) is 7.54. The number of esters is 1. The summed E-state index contributed by atoms with van der Waals surface area (Å²) in [5.41, 5.74) is 0.0766. The van der Waals surface area contributed by atoms with E-state index in [1.54, 1.807) is 18.2 Å². The van der Waals surface area contributed by atoms with E-state index in [4.69, 9.17) is 25.8 Å². The van der Waals surface area contributed by atoms with Crippen molar-refractivity contribution in [2.75, 3.05) is 19.5 Å². The molecule has 138 valence electrons. The molecule has 0 aromatic heterocycles. The van der Waals surface area contributed by atoms with Crippen LogP contribution in [0.1, 0.15) is 17.3 Å². The zero-order valence-corrected chi connectivity index (χ0v) is 15.1. The maximum absolute atomic E-state index is 13.7. The molecule has 0 unspecified atom stereocenters. The normalized spacial score (nSPS) is 11.4. The van der Waals surface area contributed by atoms with E-state index >= 15 is 0 Å². The monoisotopic (exact) mass is 381 g/mol. The Kier molecular flexibility index (Phi) is 6.41. The fraction of sp³-hybridized carbons (Fsp3) is 0.222. The Labute approximate surface area is 154 Å². The Hall–Kier alpha value is -2.80. The highest BCUT2D eigenvalue weighted by atomic mass is 35.5. The quantitative estimate of drug-likeness (QED) is 0.773. The lowest BCUT2D eigenvalue weighted by atomic mass is 10.2. The highest BCUT2D eigenvalue weighted by molar-refractivity contribution is 6.30. The van der Waals surface area contributed by atoms with Gasteiger partial charge in [-0.1, -0.05) is 11.6 Å². The summed E-state index contributed by atoms with van der Waals surface area (Å²) < 4.78 is 29.0. The number of methoxy groups -OCH3 is 2. The van der Waals surface area contributed by atoms with Crippen LogP contribution >= 0.6 is 11.6 Å². The Bertz CT molecular complexity index is 827. The van der Waals surface area contributed by atoms with Gasteiger partial charge >= 0.3 is 5.97 Å². The van der Waals surface area contributed by atoms with E-state index < -0.39 is 23.8 Å². The lowest BCUT2D eigenvalue weighted by Crippen LogP contribution is -2.30. The first kappa shape index (κ1) is 19.5. The predicted molar refractivity (Wildman–Crippen MR) is 94.5 cm³/mol. The first-order chi connectivity index (χ1) is 12.3. The molecule has 0 spiro atoms. The second kappa shape index (κ2) is 8.53. The molecule has 1 amide bonds. The summed E-state index contributed by atoms with van der Waals surface area (Å²) in [7, 11) is 2.96.